The number of nitrogens with zero attached hydrogens (tertiary/aromatic N) is 2. The van der Waals surface area contributed by atoms with Crippen molar-refractivity contribution in [1.29, 1.82) is 0 Å². The van der Waals surface area contributed by atoms with Crippen LogP contribution in [0.5, 0.6) is 0 Å². The highest BCUT2D eigenvalue weighted by Gasteiger charge is 2.50. The van der Waals surface area contributed by atoms with Crippen molar-refractivity contribution in [3.8, 4) is 0 Å². The normalized spacial score (nSPS) is 20.3. The van der Waals surface area contributed by atoms with Crippen LogP contribution >= 0.6 is 11.6 Å². The number of anilines is 1. The van der Waals surface area contributed by atoms with Gasteiger partial charge < -0.3 is 5.32 Å². The van der Waals surface area contributed by atoms with Crippen LogP contribution in [0.25, 0.3) is 11.0 Å². The molecule has 0 radical (unpaired) electrons. The van der Waals surface area contributed by atoms with Gasteiger partial charge in [-0.1, -0.05) is 37.6 Å². The Balaban J connectivity index is 1.89. The van der Waals surface area contributed by atoms with E-state index in [4.69, 9.17) is 11.6 Å². The molecule has 5 heteroatoms. The molecule has 0 saturated heterocycles. The summed E-state index contributed by atoms with van der Waals surface area (Å²) >= 11 is 6.06. The first-order chi connectivity index (χ1) is 8.97. The van der Waals surface area contributed by atoms with E-state index < -0.39 is 0 Å². The summed E-state index contributed by atoms with van der Waals surface area (Å²) < 4.78 is 0. The number of benzene rings is 1. The van der Waals surface area contributed by atoms with E-state index in [0.29, 0.717) is 5.82 Å². The fourth-order valence-electron chi connectivity index (χ4n) is 2.18. The minimum atomic E-state index is -0.0310. The molecule has 1 unspecified atom stereocenters. The Morgan fingerprint density at radius 2 is 1.89 bits per heavy atom. The predicted octanol–water partition coefficient (Wildman–Crippen LogP) is 3.27. The molecule has 4 nitrogen and oxygen atoms in total. The number of hydrogen-bond donors (Lipinski definition) is 1. The van der Waals surface area contributed by atoms with Crippen LogP contribution in [0.3, 0.4) is 0 Å². The lowest BCUT2D eigenvalue weighted by Gasteiger charge is -2.08. The first-order valence-corrected chi connectivity index (χ1v) is 6.58. The van der Waals surface area contributed by atoms with Crippen molar-refractivity contribution in [2.45, 2.75) is 20.3 Å². The fraction of sp³-hybridized carbons (Fsp3) is 0.357. The summed E-state index contributed by atoms with van der Waals surface area (Å²) in [6.45, 7) is 4.15. The molecule has 1 N–H and O–H groups in total. The van der Waals surface area contributed by atoms with Crippen molar-refractivity contribution in [1.82, 2.24) is 9.97 Å². The van der Waals surface area contributed by atoms with Gasteiger partial charge in [-0.25, -0.2) is 9.97 Å². The maximum Gasteiger partial charge on any atom is 0.229 e. The Bertz CT molecular complexity index is 669. The fourth-order valence-corrected chi connectivity index (χ4v) is 2.36. The summed E-state index contributed by atoms with van der Waals surface area (Å²) in [5, 5.41) is 3.00. The van der Waals surface area contributed by atoms with Gasteiger partial charge in [0.2, 0.25) is 5.91 Å². The van der Waals surface area contributed by atoms with E-state index in [9.17, 15) is 4.79 Å². The van der Waals surface area contributed by atoms with Crippen molar-refractivity contribution in [3.63, 3.8) is 0 Å². The third kappa shape index (κ3) is 2.28. The zero-order chi connectivity index (χ0) is 13.6. The van der Waals surface area contributed by atoms with Gasteiger partial charge in [-0.15, -0.1) is 0 Å². The van der Waals surface area contributed by atoms with Gasteiger partial charge in [-0.3, -0.25) is 4.79 Å². The minimum absolute atomic E-state index is 0.0310. The standard InChI is InChI=1S/C14H14ClN3O/c1-14(2)7-8(14)13(19)18-12-11(15)16-9-5-3-4-6-10(9)17-12/h3-6,8H,7H2,1-2H3,(H,17,18,19). The molecule has 1 aromatic carbocycles. The number of para-hydroxylation sites is 2. The Morgan fingerprint density at radius 3 is 2.47 bits per heavy atom. The van der Waals surface area contributed by atoms with E-state index in [1.807, 2.05) is 24.3 Å². The number of carbonyl (C=O) groups excluding carboxylic acids is 1. The van der Waals surface area contributed by atoms with Crippen LogP contribution in [0.4, 0.5) is 5.82 Å². The van der Waals surface area contributed by atoms with Crippen LogP contribution in [0.2, 0.25) is 5.15 Å². The van der Waals surface area contributed by atoms with Crippen molar-refractivity contribution in [2.24, 2.45) is 11.3 Å². The smallest absolute Gasteiger partial charge is 0.229 e. The first kappa shape index (κ1) is 12.4. The monoisotopic (exact) mass is 275 g/mol. The van der Waals surface area contributed by atoms with Gasteiger partial charge in [0.1, 0.15) is 0 Å². The Labute approximate surface area is 116 Å². The van der Waals surface area contributed by atoms with Crippen molar-refractivity contribution < 1.29 is 4.79 Å². The summed E-state index contributed by atoms with van der Waals surface area (Å²) in [5.74, 6) is 0.349. The van der Waals surface area contributed by atoms with Gasteiger partial charge >= 0.3 is 0 Å². The largest absolute Gasteiger partial charge is 0.308 e. The van der Waals surface area contributed by atoms with Gasteiger partial charge in [0.15, 0.2) is 11.0 Å². The number of amides is 1. The molecule has 0 spiro atoms. The third-order valence-corrected chi connectivity index (χ3v) is 3.86. The number of carbonyl (C=O) groups is 1. The van der Waals surface area contributed by atoms with Crippen LogP contribution in [-0.2, 0) is 4.79 Å². The molecule has 1 heterocycles. The van der Waals surface area contributed by atoms with Gasteiger partial charge in [0.05, 0.1) is 11.0 Å². The maximum absolute atomic E-state index is 12.0. The molecule has 3 rings (SSSR count). The molecule has 19 heavy (non-hydrogen) atoms. The number of fused-ring (bicyclic) bond motifs is 1. The average molecular weight is 276 g/mol. The SMILES string of the molecule is CC1(C)CC1C(=O)Nc1nc2ccccc2nc1Cl. The van der Waals surface area contributed by atoms with Gasteiger partial charge in [-0.05, 0) is 24.0 Å². The van der Waals surface area contributed by atoms with Crippen molar-refractivity contribution in [3.05, 3.63) is 29.4 Å². The first-order valence-electron chi connectivity index (χ1n) is 6.20. The van der Waals surface area contributed by atoms with Crippen molar-refractivity contribution in [2.75, 3.05) is 5.32 Å². The van der Waals surface area contributed by atoms with E-state index in [1.165, 1.54) is 0 Å². The lowest BCUT2D eigenvalue weighted by molar-refractivity contribution is -0.118. The summed E-state index contributed by atoms with van der Waals surface area (Å²) in [6.07, 6.45) is 0.900. The second kappa shape index (κ2) is 4.17. The van der Waals surface area contributed by atoms with E-state index in [1.54, 1.807) is 0 Å². The molecule has 98 valence electrons. The highest BCUT2D eigenvalue weighted by molar-refractivity contribution is 6.32. The summed E-state index contributed by atoms with van der Waals surface area (Å²) in [7, 11) is 0. The lowest BCUT2D eigenvalue weighted by Crippen LogP contribution is -2.18. The predicted molar refractivity (Wildman–Crippen MR) is 75.1 cm³/mol. The van der Waals surface area contributed by atoms with E-state index in [2.05, 4.69) is 29.1 Å². The molecular weight excluding hydrogens is 262 g/mol. The van der Waals surface area contributed by atoms with Crippen LogP contribution in [0.1, 0.15) is 20.3 Å². The Hall–Kier alpha value is -1.68. The Kier molecular flexibility index (Phi) is 2.71. The number of nitrogens with one attached hydrogen (secondary N) is 1. The topological polar surface area (TPSA) is 54.9 Å². The minimum Gasteiger partial charge on any atom is -0.308 e. The van der Waals surface area contributed by atoms with E-state index >= 15 is 0 Å². The number of aromatic nitrogens is 2. The summed E-state index contributed by atoms with van der Waals surface area (Å²) in [4.78, 5) is 20.6. The van der Waals surface area contributed by atoms with Crippen LogP contribution in [0, 0.1) is 11.3 Å². The van der Waals surface area contributed by atoms with E-state index in [0.717, 1.165) is 17.5 Å². The van der Waals surface area contributed by atoms with Crippen molar-refractivity contribution >= 4 is 34.4 Å². The molecule has 1 atom stereocenters. The van der Waals surface area contributed by atoms with Crippen LogP contribution < -0.4 is 5.32 Å². The lowest BCUT2D eigenvalue weighted by atomic mass is 10.1. The van der Waals surface area contributed by atoms with Crippen LogP contribution in [-0.4, -0.2) is 15.9 Å². The van der Waals surface area contributed by atoms with Gasteiger partial charge in [0.25, 0.3) is 0 Å². The van der Waals surface area contributed by atoms with Gasteiger partial charge in [0, 0.05) is 5.92 Å². The summed E-state index contributed by atoms with van der Waals surface area (Å²) in [5.41, 5.74) is 1.52. The number of rotatable bonds is 2. The molecule has 0 aliphatic heterocycles. The molecule has 2 aromatic rings. The highest BCUT2D eigenvalue weighted by Crippen LogP contribution is 2.52. The molecule has 1 aliphatic carbocycles. The molecule has 1 aromatic heterocycles. The third-order valence-electron chi connectivity index (χ3n) is 3.60. The molecule has 1 saturated carbocycles. The van der Waals surface area contributed by atoms with Gasteiger partial charge in [-0.2, -0.15) is 0 Å². The maximum atomic E-state index is 12.0. The zero-order valence-electron chi connectivity index (χ0n) is 10.8. The summed E-state index contributed by atoms with van der Waals surface area (Å²) in [6, 6.07) is 7.43. The molecule has 0 bridgehead atoms. The highest BCUT2D eigenvalue weighted by atomic mass is 35.5. The van der Waals surface area contributed by atoms with Crippen LogP contribution in [0.15, 0.2) is 24.3 Å². The zero-order valence-corrected chi connectivity index (χ0v) is 11.5. The second-order valence-corrected chi connectivity index (χ2v) is 5.94. The Morgan fingerprint density at radius 1 is 1.32 bits per heavy atom. The average Bonchev–Trinajstić information content (AvgIpc) is 2.99. The molecule has 1 fully saturated rings. The number of halogens is 1. The number of hydrogen-bond acceptors (Lipinski definition) is 3. The second-order valence-electron chi connectivity index (χ2n) is 5.59. The molecular formula is C14H14ClN3O. The van der Waals surface area contributed by atoms with E-state index in [-0.39, 0.29) is 22.4 Å². The quantitative estimate of drug-likeness (QED) is 0.915. The molecule has 1 amide bonds. The molecule has 1 aliphatic rings.